The molecule has 0 aliphatic carbocycles. The van der Waals surface area contributed by atoms with Crippen LogP contribution in [0.5, 0.6) is 5.75 Å². The van der Waals surface area contributed by atoms with Gasteiger partial charge in [-0.3, -0.25) is 0 Å². The lowest BCUT2D eigenvalue weighted by Crippen LogP contribution is -2.49. The topological polar surface area (TPSA) is 44.7 Å². The second-order valence-corrected chi connectivity index (χ2v) is 5.99. The van der Waals surface area contributed by atoms with E-state index in [1.165, 1.54) is 0 Å². The molecule has 2 N–H and O–H groups in total. The zero-order chi connectivity index (χ0) is 14.6. The molecule has 0 atom stereocenters. The number of piperidine rings is 1. The molecule has 112 valence electrons. The van der Waals surface area contributed by atoms with Gasteiger partial charge in [0, 0.05) is 19.3 Å². The maximum absolute atomic E-state index is 10.6. The zero-order valence-electron chi connectivity index (χ0n) is 12.7. The average Bonchev–Trinajstić information content (AvgIpc) is 2.39. The summed E-state index contributed by atoms with van der Waals surface area (Å²) in [5, 5.41) is 13.9. The Hall–Kier alpha value is -1.26. The van der Waals surface area contributed by atoms with E-state index in [-0.39, 0.29) is 6.10 Å². The van der Waals surface area contributed by atoms with Gasteiger partial charge in [-0.15, -0.1) is 0 Å². The molecule has 1 aromatic rings. The largest absolute Gasteiger partial charge is 0.491 e. The van der Waals surface area contributed by atoms with Crippen LogP contribution in [0.15, 0.2) is 24.3 Å². The van der Waals surface area contributed by atoms with Gasteiger partial charge in [0.05, 0.1) is 11.7 Å². The van der Waals surface area contributed by atoms with Crippen molar-refractivity contribution in [2.45, 2.75) is 38.4 Å². The summed E-state index contributed by atoms with van der Waals surface area (Å²) in [7, 11) is 2.03. The fourth-order valence-corrected chi connectivity index (χ4v) is 2.63. The predicted molar refractivity (Wildman–Crippen MR) is 82.5 cm³/mol. The molecule has 4 heteroatoms. The van der Waals surface area contributed by atoms with E-state index in [1.807, 2.05) is 45.2 Å². The molecule has 1 aromatic carbocycles. The number of likely N-dealkylation sites (N-methyl/N-ethyl adjacent to an activating group) is 1. The summed E-state index contributed by atoms with van der Waals surface area (Å²) in [6.45, 7) is 6.50. The van der Waals surface area contributed by atoms with Crippen LogP contribution >= 0.6 is 0 Å². The standard InChI is InChI=1S/C16H26N2O2/c1-13(2)20-15-6-4-14(5-7-15)18(3)12-16(19)8-10-17-11-9-16/h4-7,13,17,19H,8-12H2,1-3H3. The van der Waals surface area contributed by atoms with Crippen molar-refractivity contribution in [3.05, 3.63) is 24.3 Å². The van der Waals surface area contributed by atoms with Crippen molar-refractivity contribution in [3.8, 4) is 5.75 Å². The third-order valence-electron chi connectivity index (χ3n) is 3.72. The molecule has 1 aliphatic heterocycles. The van der Waals surface area contributed by atoms with Gasteiger partial charge in [0.25, 0.3) is 0 Å². The highest BCUT2D eigenvalue weighted by Gasteiger charge is 2.30. The lowest BCUT2D eigenvalue weighted by molar-refractivity contribution is 0.0183. The van der Waals surface area contributed by atoms with Crippen LogP contribution in [0, 0.1) is 0 Å². The van der Waals surface area contributed by atoms with Crippen molar-refractivity contribution in [1.82, 2.24) is 5.32 Å². The number of benzene rings is 1. The molecule has 0 spiro atoms. The average molecular weight is 278 g/mol. The molecule has 1 saturated heterocycles. The Morgan fingerprint density at radius 3 is 2.40 bits per heavy atom. The summed E-state index contributed by atoms with van der Waals surface area (Å²) < 4.78 is 5.64. The SMILES string of the molecule is CC(C)Oc1ccc(N(C)CC2(O)CCNCC2)cc1. The quantitative estimate of drug-likeness (QED) is 0.865. The highest BCUT2D eigenvalue weighted by atomic mass is 16.5. The Labute approximate surface area is 121 Å². The number of nitrogens with one attached hydrogen (secondary N) is 1. The van der Waals surface area contributed by atoms with Gasteiger partial charge in [0.2, 0.25) is 0 Å². The van der Waals surface area contributed by atoms with Crippen LogP contribution in [-0.4, -0.2) is 43.5 Å². The third kappa shape index (κ3) is 4.12. The van der Waals surface area contributed by atoms with Crippen LogP contribution in [0.3, 0.4) is 0 Å². The van der Waals surface area contributed by atoms with Gasteiger partial charge in [-0.2, -0.15) is 0 Å². The molecule has 0 saturated carbocycles. The van der Waals surface area contributed by atoms with Gasteiger partial charge < -0.3 is 20.1 Å². The number of hydrogen-bond donors (Lipinski definition) is 2. The van der Waals surface area contributed by atoms with E-state index in [2.05, 4.69) is 10.2 Å². The molecule has 4 nitrogen and oxygen atoms in total. The van der Waals surface area contributed by atoms with Crippen LogP contribution in [0.25, 0.3) is 0 Å². The zero-order valence-corrected chi connectivity index (χ0v) is 12.7. The first-order valence-corrected chi connectivity index (χ1v) is 7.39. The number of nitrogens with zero attached hydrogens (tertiary/aromatic N) is 1. The minimum Gasteiger partial charge on any atom is -0.491 e. The molecule has 0 radical (unpaired) electrons. The Morgan fingerprint density at radius 2 is 1.85 bits per heavy atom. The molecule has 0 aromatic heterocycles. The van der Waals surface area contributed by atoms with Crippen molar-refractivity contribution in [3.63, 3.8) is 0 Å². The van der Waals surface area contributed by atoms with Crippen LogP contribution in [0.4, 0.5) is 5.69 Å². The molecule has 0 amide bonds. The Kier molecular flexibility index (Phi) is 4.89. The highest BCUT2D eigenvalue weighted by Crippen LogP contribution is 2.24. The first-order valence-electron chi connectivity index (χ1n) is 7.39. The highest BCUT2D eigenvalue weighted by molar-refractivity contribution is 5.48. The molecule has 1 aliphatic rings. The van der Waals surface area contributed by atoms with Gasteiger partial charge >= 0.3 is 0 Å². The summed E-state index contributed by atoms with van der Waals surface area (Å²) in [5.41, 5.74) is 0.528. The van der Waals surface area contributed by atoms with Crippen LogP contribution < -0.4 is 15.0 Å². The molecule has 2 rings (SSSR count). The third-order valence-corrected chi connectivity index (χ3v) is 3.72. The monoisotopic (exact) mass is 278 g/mol. The fourth-order valence-electron chi connectivity index (χ4n) is 2.63. The maximum Gasteiger partial charge on any atom is 0.119 e. The summed E-state index contributed by atoms with van der Waals surface area (Å²) >= 11 is 0. The maximum atomic E-state index is 10.6. The van der Waals surface area contributed by atoms with Gasteiger partial charge in [-0.1, -0.05) is 0 Å². The lowest BCUT2D eigenvalue weighted by Gasteiger charge is -2.36. The summed E-state index contributed by atoms with van der Waals surface area (Å²) in [6, 6.07) is 8.06. The normalized spacial score (nSPS) is 18.1. The molecule has 1 heterocycles. The number of ether oxygens (including phenoxy) is 1. The van der Waals surface area contributed by atoms with Crippen molar-refractivity contribution in [2.24, 2.45) is 0 Å². The van der Waals surface area contributed by atoms with Gasteiger partial charge in [-0.25, -0.2) is 0 Å². The van der Waals surface area contributed by atoms with E-state index in [9.17, 15) is 5.11 Å². The van der Waals surface area contributed by atoms with Crippen molar-refractivity contribution in [2.75, 3.05) is 31.6 Å². The number of hydrogen-bond acceptors (Lipinski definition) is 4. The second-order valence-electron chi connectivity index (χ2n) is 5.99. The van der Waals surface area contributed by atoms with E-state index >= 15 is 0 Å². The van der Waals surface area contributed by atoms with Crippen molar-refractivity contribution in [1.29, 1.82) is 0 Å². The van der Waals surface area contributed by atoms with Crippen molar-refractivity contribution >= 4 is 5.69 Å². The van der Waals surface area contributed by atoms with Crippen LogP contribution in [0.1, 0.15) is 26.7 Å². The minimum absolute atomic E-state index is 0.189. The van der Waals surface area contributed by atoms with Gasteiger partial charge in [0.1, 0.15) is 5.75 Å². The summed E-state index contributed by atoms with van der Waals surface area (Å²) in [6.07, 6.45) is 1.81. The van der Waals surface area contributed by atoms with E-state index in [0.717, 1.165) is 37.4 Å². The summed E-state index contributed by atoms with van der Waals surface area (Å²) in [5.74, 6) is 0.887. The minimum atomic E-state index is -0.576. The molecule has 1 fully saturated rings. The smallest absolute Gasteiger partial charge is 0.119 e. The van der Waals surface area contributed by atoms with E-state index < -0.39 is 5.60 Å². The molecular formula is C16H26N2O2. The summed E-state index contributed by atoms with van der Waals surface area (Å²) in [4.78, 5) is 2.12. The molecule has 20 heavy (non-hydrogen) atoms. The van der Waals surface area contributed by atoms with Gasteiger partial charge in [-0.05, 0) is 64.0 Å². The first kappa shape index (κ1) is 15.1. The van der Waals surface area contributed by atoms with Crippen LogP contribution in [-0.2, 0) is 0 Å². The molecule has 0 bridgehead atoms. The van der Waals surface area contributed by atoms with Crippen LogP contribution in [0.2, 0.25) is 0 Å². The van der Waals surface area contributed by atoms with E-state index in [4.69, 9.17) is 4.74 Å². The van der Waals surface area contributed by atoms with E-state index in [1.54, 1.807) is 0 Å². The Bertz CT molecular complexity index is 411. The number of rotatable bonds is 5. The fraction of sp³-hybridized carbons (Fsp3) is 0.625. The predicted octanol–water partition coefficient (Wildman–Crippen LogP) is 2.02. The lowest BCUT2D eigenvalue weighted by atomic mass is 9.92. The first-order chi connectivity index (χ1) is 9.48. The van der Waals surface area contributed by atoms with Gasteiger partial charge in [0.15, 0.2) is 0 Å². The Balaban J connectivity index is 1.96. The molecule has 0 unspecified atom stereocenters. The van der Waals surface area contributed by atoms with Crippen molar-refractivity contribution < 1.29 is 9.84 Å². The number of aliphatic hydroxyl groups is 1. The number of anilines is 1. The molecular weight excluding hydrogens is 252 g/mol. The van der Waals surface area contributed by atoms with E-state index in [0.29, 0.717) is 6.54 Å². The Morgan fingerprint density at radius 1 is 1.25 bits per heavy atom. The second kappa shape index (κ2) is 6.46.